The molecule has 0 radical (unpaired) electrons. The predicted molar refractivity (Wildman–Crippen MR) is 74.7 cm³/mol. The fraction of sp³-hybridized carbons (Fsp3) is 0.312. The molecule has 0 atom stereocenters. The summed E-state index contributed by atoms with van der Waals surface area (Å²) in [5, 5.41) is 0. The van der Waals surface area contributed by atoms with Crippen molar-refractivity contribution in [3.8, 4) is 0 Å². The Kier molecular flexibility index (Phi) is 2.64. The number of carbonyl (C=O) groups is 2. The molecule has 1 aliphatic heterocycles. The molecule has 0 fully saturated rings. The maximum Gasteiger partial charge on any atom is 0.256 e. The minimum absolute atomic E-state index is 0.167. The molecular weight excluding hydrogens is 254 g/mol. The Morgan fingerprint density at radius 2 is 1.80 bits per heavy atom. The average Bonchev–Trinajstić information content (AvgIpc) is 2.66. The van der Waals surface area contributed by atoms with Crippen molar-refractivity contribution in [3.63, 3.8) is 0 Å². The second kappa shape index (κ2) is 4.13. The van der Waals surface area contributed by atoms with E-state index in [1.54, 1.807) is 26.0 Å². The summed E-state index contributed by atoms with van der Waals surface area (Å²) in [5.41, 5.74) is 1.65. The van der Waals surface area contributed by atoms with Crippen molar-refractivity contribution in [2.45, 2.75) is 20.8 Å². The maximum atomic E-state index is 12.6. The molecule has 0 unspecified atom stereocenters. The highest BCUT2D eigenvalue weighted by atomic mass is 16.5. The Hall–Kier alpha value is -2.23. The van der Waals surface area contributed by atoms with Crippen LogP contribution in [0.4, 0.5) is 0 Å². The van der Waals surface area contributed by atoms with Crippen LogP contribution in [0.3, 0.4) is 0 Å². The first-order valence-electron chi connectivity index (χ1n) is 6.63. The second-order valence-corrected chi connectivity index (χ2v) is 5.40. The van der Waals surface area contributed by atoms with E-state index in [1.165, 1.54) is 0 Å². The molecule has 1 aliphatic carbocycles. The smallest absolute Gasteiger partial charge is 0.256 e. The van der Waals surface area contributed by atoms with Crippen LogP contribution in [-0.2, 0) is 9.53 Å². The topological polar surface area (TPSA) is 55.7 Å². The number of fused-ring (bicyclic) bond motifs is 3. The Bertz CT molecular complexity index is 695. The van der Waals surface area contributed by atoms with E-state index >= 15 is 0 Å². The van der Waals surface area contributed by atoms with Crippen LogP contribution in [0.1, 0.15) is 36.7 Å². The monoisotopic (exact) mass is 269 g/mol. The normalized spacial score (nSPS) is 19.6. The highest BCUT2D eigenvalue weighted by Gasteiger charge is 2.48. The third-order valence-electron chi connectivity index (χ3n) is 3.76. The molecule has 1 aromatic carbocycles. The van der Waals surface area contributed by atoms with Crippen LogP contribution in [0.5, 0.6) is 0 Å². The van der Waals surface area contributed by atoms with Gasteiger partial charge in [-0.05, 0) is 20.8 Å². The molecular formula is C16H15NO3. The van der Waals surface area contributed by atoms with Gasteiger partial charge in [-0.1, -0.05) is 24.3 Å². The number of aliphatic imine (C=N–C) groups is 1. The number of carbonyl (C=O) groups excluding carboxylic acids is 2. The number of nitrogens with zero attached hydrogens (tertiary/aromatic N) is 1. The van der Waals surface area contributed by atoms with Gasteiger partial charge in [-0.2, -0.15) is 0 Å². The van der Waals surface area contributed by atoms with Gasteiger partial charge in [0.25, 0.3) is 5.91 Å². The molecule has 0 aromatic heterocycles. The minimum atomic E-state index is -0.816. The third kappa shape index (κ3) is 1.51. The number of ketones is 1. The van der Waals surface area contributed by atoms with Crippen molar-refractivity contribution in [2.75, 3.05) is 6.61 Å². The van der Waals surface area contributed by atoms with Gasteiger partial charge in [-0.3, -0.25) is 9.59 Å². The quantitative estimate of drug-likeness (QED) is 0.829. The summed E-state index contributed by atoms with van der Waals surface area (Å²) in [6, 6.07) is 7.21. The van der Waals surface area contributed by atoms with Crippen molar-refractivity contribution >= 4 is 17.4 Å². The van der Waals surface area contributed by atoms with E-state index in [0.717, 1.165) is 5.56 Å². The van der Waals surface area contributed by atoms with Gasteiger partial charge in [0.05, 0.1) is 17.7 Å². The van der Waals surface area contributed by atoms with Crippen molar-refractivity contribution in [1.29, 1.82) is 0 Å². The van der Waals surface area contributed by atoms with Gasteiger partial charge in [0, 0.05) is 16.7 Å². The molecule has 0 spiro atoms. The summed E-state index contributed by atoms with van der Waals surface area (Å²) in [6.45, 7) is 5.76. The molecule has 4 nitrogen and oxygen atoms in total. The summed E-state index contributed by atoms with van der Waals surface area (Å²) in [6.07, 6.45) is 0. The van der Waals surface area contributed by atoms with Crippen LogP contribution >= 0.6 is 0 Å². The first-order chi connectivity index (χ1) is 9.48. The van der Waals surface area contributed by atoms with E-state index in [2.05, 4.69) is 4.99 Å². The molecule has 1 amide bonds. The zero-order valence-electron chi connectivity index (χ0n) is 11.7. The SMILES string of the molecule is CCOC1=C2C(=NC(=O)C2(C)C)c2ccccc2C1=O. The number of ether oxygens (including phenoxy) is 1. The largest absolute Gasteiger partial charge is 0.489 e. The summed E-state index contributed by atoms with van der Waals surface area (Å²) >= 11 is 0. The van der Waals surface area contributed by atoms with E-state index in [9.17, 15) is 9.59 Å². The van der Waals surface area contributed by atoms with Crippen LogP contribution in [0.25, 0.3) is 0 Å². The minimum Gasteiger partial charge on any atom is -0.489 e. The summed E-state index contributed by atoms with van der Waals surface area (Å²) in [4.78, 5) is 28.9. The summed E-state index contributed by atoms with van der Waals surface area (Å²) in [7, 11) is 0. The molecule has 3 rings (SSSR count). The van der Waals surface area contributed by atoms with Gasteiger partial charge in [0.15, 0.2) is 5.76 Å². The number of rotatable bonds is 2. The van der Waals surface area contributed by atoms with Crippen LogP contribution in [-0.4, -0.2) is 24.0 Å². The molecule has 102 valence electrons. The van der Waals surface area contributed by atoms with E-state index in [-0.39, 0.29) is 17.4 Å². The van der Waals surface area contributed by atoms with Gasteiger partial charge >= 0.3 is 0 Å². The number of Topliss-reactive ketones (excluding diaryl/α,β-unsaturated/α-hetero) is 1. The van der Waals surface area contributed by atoms with Crippen molar-refractivity contribution < 1.29 is 14.3 Å². The van der Waals surface area contributed by atoms with Crippen LogP contribution in [0.15, 0.2) is 40.6 Å². The fourth-order valence-corrected chi connectivity index (χ4v) is 2.69. The molecule has 0 bridgehead atoms. The lowest BCUT2D eigenvalue weighted by molar-refractivity contribution is -0.123. The molecule has 4 heteroatoms. The zero-order valence-corrected chi connectivity index (χ0v) is 11.7. The van der Waals surface area contributed by atoms with Crippen LogP contribution in [0, 0.1) is 5.41 Å². The van der Waals surface area contributed by atoms with Gasteiger partial charge in [0.2, 0.25) is 5.78 Å². The van der Waals surface area contributed by atoms with E-state index in [1.807, 2.05) is 19.1 Å². The van der Waals surface area contributed by atoms with Gasteiger partial charge in [-0.25, -0.2) is 4.99 Å². The number of hydrogen-bond donors (Lipinski definition) is 0. The van der Waals surface area contributed by atoms with Crippen molar-refractivity contribution in [1.82, 2.24) is 0 Å². The third-order valence-corrected chi connectivity index (χ3v) is 3.76. The van der Waals surface area contributed by atoms with Crippen molar-refractivity contribution in [3.05, 3.63) is 46.7 Å². The van der Waals surface area contributed by atoms with E-state index < -0.39 is 5.41 Å². The van der Waals surface area contributed by atoms with Crippen LogP contribution in [0.2, 0.25) is 0 Å². The average molecular weight is 269 g/mol. The molecule has 1 aromatic rings. The molecule has 20 heavy (non-hydrogen) atoms. The Labute approximate surface area is 117 Å². The van der Waals surface area contributed by atoms with Gasteiger partial charge in [0.1, 0.15) is 0 Å². The first kappa shape index (κ1) is 12.8. The molecule has 1 heterocycles. The Balaban J connectivity index is 2.33. The fourth-order valence-electron chi connectivity index (χ4n) is 2.69. The van der Waals surface area contributed by atoms with E-state index in [4.69, 9.17) is 4.74 Å². The number of amides is 1. The lowest BCUT2D eigenvalue weighted by Gasteiger charge is -2.26. The van der Waals surface area contributed by atoms with E-state index in [0.29, 0.717) is 23.5 Å². The number of hydrogen-bond acceptors (Lipinski definition) is 3. The molecule has 0 N–H and O–H groups in total. The Morgan fingerprint density at radius 1 is 1.15 bits per heavy atom. The molecule has 0 saturated heterocycles. The Morgan fingerprint density at radius 3 is 2.45 bits per heavy atom. The molecule has 0 saturated carbocycles. The lowest BCUT2D eigenvalue weighted by atomic mass is 9.76. The highest BCUT2D eigenvalue weighted by molar-refractivity contribution is 6.34. The second-order valence-electron chi connectivity index (χ2n) is 5.40. The maximum absolute atomic E-state index is 12.6. The summed E-state index contributed by atoms with van der Waals surface area (Å²) in [5.74, 6) is -0.135. The number of allylic oxidation sites excluding steroid dienone is 1. The zero-order chi connectivity index (χ0) is 14.5. The first-order valence-corrected chi connectivity index (χ1v) is 6.63. The van der Waals surface area contributed by atoms with Gasteiger partial charge in [-0.15, -0.1) is 0 Å². The van der Waals surface area contributed by atoms with Crippen LogP contribution < -0.4 is 0 Å². The standard InChI is InChI=1S/C16H15NO3/c1-4-20-14-11-12(17-15(19)16(11,2)3)9-7-5-6-8-10(9)13(14)18/h5-8H,4H2,1-3H3. The van der Waals surface area contributed by atoms with Crippen molar-refractivity contribution in [2.24, 2.45) is 10.4 Å². The highest BCUT2D eigenvalue weighted by Crippen LogP contribution is 2.43. The summed E-state index contributed by atoms with van der Waals surface area (Å²) < 4.78 is 5.55. The lowest BCUT2D eigenvalue weighted by Crippen LogP contribution is -2.30. The van der Waals surface area contributed by atoms with Gasteiger partial charge < -0.3 is 4.74 Å². The number of benzene rings is 1. The predicted octanol–water partition coefficient (Wildman–Crippen LogP) is 2.53. The molecule has 2 aliphatic rings.